The summed E-state index contributed by atoms with van der Waals surface area (Å²) in [6.07, 6.45) is 0. The highest BCUT2D eigenvalue weighted by Crippen LogP contribution is 2.12. The number of urea groups is 1. The number of primary amides is 1. The van der Waals surface area contributed by atoms with Crippen molar-refractivity contribution in [1.29, 1.82) is 0 Å². The van der Waals surface area contributed by atoms with Gasteiger partial charge in [-0.2, -0.15) is 0 Å². The van der Waals surface area contributed by atoms with E-state index in [2.05, 4.69) is 15.6 Å². The number of hydrogen-bond acceptors (Lipinski definition) is 3. The third-order valence-electron chi connectivity index (χ3n) is 2.49. The molecule has 1 aromatic carbocycles. The van der Waals surface area contributed by atoms with E-state index in [1.165, 1.54) is 0 Å². The SMILES string of the molecule is NC(=O)NCCNc1cc2ccccc2c(=O)[nH]1. The average molecular weight is 246 g/mol. The van der Waals surface area contributed by atoms with E-state index >= 15 is 0 Å². The summed E-state index contributed by atoms with van der Waals surface area (Å²) in [6, 6.07) is 8.62. The predicted octanol–water partition coefficient (Wildman–Crippen LogP) is 0.608. The summed E-state index contributed by atoms with van der Waals surface area (Å²) in [4.78, 5) is 24.9. The Labute approximate surface area is 103 Å². The molecule has 6 nitrogen and oxygen atoms in total. The number of nitrogens with one attached hydrogen (secondary N) is 3. The smallest absolute Gasteiger partial charge is 0.312 e. The number of benzene rings is 1. The Morgan fingerprint density at radius 3 is 2.83 bits per heavy atom. The second kappa shape index (κ2) is 5.22. The number of aromatic nitrogens is 1. The van der Waals surface area contributed by atoms with E-state index in [0.717, 1.165) is 5.39 Å². The molecule has 18 heavy (non-hydrogen) atoms. The van der Waals surface area contributed by atoms with Crippen LogP contribution in [-0.2, 0) is 0 Å². The molecule has 0 saturated heterocycles. The molecule has 0 spiro atoms. The van der Waals surface area contributed by atoms with Crippen LogP contribution in [0.4, 0.5) is 10.6 Å². The normalized spacial score (nSPS) is 10.2. The summed E-state index contributed by atoms with van der Waals surface area (Å²) < 4.78 is 0. The zero-order valence-electron chi connectivity index (χ0n) is 9.69. The lowest BCUT2D eigenvalue weighted by Gasteiger charge is -2.07. The van der Waals surface area contributed by atoms with Crippen LogP contribution in [0, 0.1) is 0 Å². The number of hydrogen-bond donors (Lipinski definition) is 4. The molecule has 6 heteroatoms. The van der Waals surface area contributed by atoms with Crippen LogP contribution in [0.3, 0.4) is 0 Å². The van der Waals surface area contributed by atoms with Gasteiger partial charge < -0.3 is 21.4 Å². The maximum absolute atomic E-state index is 11.8. The molecule has 0 unspecified atom stereocenters. The van der Waals surface area contributed by atoms with Crippen molar-refractivity contribution in [1.82, 2.24) is 10.3 Å². The third kappa shape index (κ3) is 2.79. The molecule has 0 saturated carbocycles. The van der Waals surface area contributed by atoms with Crippen molar-refractivity contribution in [3.05, 3.63) is 40.7 Å². The minimum atomic E-state index is -0.566. The van der Waals surface area contributed by atoms with Crippen LogP contribution in [0.1, 0.15) is 0 Å². The van der Waals surface area contributed by atoms with Gasteiger partial charge in [-0.3, -0.25) is 4.79 Å². The van der Waals surface area contributed by atoms with Crippen molar-refractivity contribution >= 4 is 22.6 Å². The van der Waals surface area contributed by atoms with Crippen LogP contribution in [0.5, 0.6) is 0 Å². The van der Waals surface area contributed by atoms with Crippen LogP contribution in [-0.4, -0.2) is 24.1 Å². The first-order valence-corrected chi connectivity index (χ1v) is 5.56. The second-order valence-electron chi connectivity index (χ2n) is 3.82. The molecule has 2 rings (SSSR count). The van der Waals surface area contributed by atoms with Gasteiger partial charge in [0.05, 0.1) is 0 Å². The minimum absolute atomic E-state index is 0.140. The second-order valence-corrected chi connectivity index (χ2v) is 3.82. The molecule has 0 fully saturated rings. The Bertz CT molecular complexity index is 621. The van der Waals surface area contributed by atoms with Crippen LogP contribution < -0.4 is 21.9 Å². The standard InChI is InChI=1S/C12H14N4O2/c13-12(18)15-6-5-14-10-7-8-3-1-2-4-9(8)11(17)16-10/h1-4,7H,5-6H2,(H3,13,15,18)(H2,14,16,17). The lowest BCUT2D eigenvalue weighted by molar-refractivity contribution is 0.249. The van der Waals surface area contributed by atoms with Crippen LogP contribution in [0.25, 0.3) is 10.8 Å². The maximum atomic E-state index is 11.8. The molecule has 2 aromatic rings. The molecule has 1 aromatic heterocycles. The van der Waals surface area contributed by atoms with Crippen molar-refractivity contribution in [2.24, 2.45) is 5.73 Å². The van der Waals surface area contributed by atoms with E-state index in [9.17, 15) is 9.59 Å². The number of amides is 2. The number of aromatic amines is 1. The predicted molar refractivity (Wildman–Crippen MR) is 70.6 cm³/mol. The van der Waals surface area contributed by atoms with Gasteiger partial charge in [0.25, 0.3) is 5.56 Å². The quantitative estimate of drug-likeness (QED) is 0.594. The minimum Gasteiger partial charge on any atom is -0.370 e. The molecular formula is C12H14N4O2. The Hall–Kier alpha value is -2.50. The van der Waals surface area contributed by atoms with E-state index in [-0.39, 0.29) is 5.56 Å². The van der Waals surface area contributed by atoms with Crippen LogP contribution in [0.15, 0.2) is 35.1 Å². The first-order chi connectivity index (χ1) is 8.66. The lowest BCUT2D eigenvalue weighted by Crippen LogP contribution is -2.33. The number of H-pyrrole nitrogens is 1. The molecule has 0 radical (unpaired) electrons. The first-order valence-electron chi connectivity index (χ1n) is 5.56. The van der Waals surface area contributed by atoms with Gasteiger partial charge >= 0.3 is 6.03 Å². The number of fused-ring (bicyclic) bond motifs is 1. The molecule has 0 bridgehead atoms. The number of rotatable bonds is 4. The molecule has 0 aliphatic rings. The highest BCUT2D eigenvalue weighted by molar-refractivity contribution is 5.83. The van der Waals surface area contributed by atoms with E-state index < -0.39 is 6.03 Å². The monoisotopic (exact) mass is 246 g/mol. The van der Waals surface area contributed by atoms with E-state index in [1.807, 2.05) is 24.3 Å². The van der Waals surface area contributed by atoms with Gasteiger partial charge in [0.1, 0.15) is 5.82 Å². The summed E-state index contributed by atoms with van der Waals surface area (Å²) in [7, 11) is 0. The molecule has 94 valence electrons. The fraction of sp³-hybridized carbons (Fsp3) is 0.167. The highest BCUT2D eigenvalue weighted by atomic mass is 16.2. The van der Waals surface area contributed by atoms with Gasteiger partial charge in [0.2, 0.25) is 0 Å². The molecule has 1 heterocycles. The lowest BCUT2D eigenvalue weighted by atomic mass is 10.2. The van der Waals surface area contributed by atoms with Crippen LogP contribution >= 0.6 is 0 Å². The number of carbonyl (C=O) groups is 1. The van der Waals surface area contributed by atoms with Crippen LogP contribution in [0.2, 0.25) is 0 Å². The highest BCUT2D eigenvalue weighted by Gasteiger charge is 2.00. The average Bonchev–Trinajstić information content (AvgIpc) is 2.35. The molecule has 5 N–H and O–H groups in total. The number of carbonyl (C=O) groups excluding carboxylic acids is 1. The van der Waals surface area contributed by atoms with Gasteiger partial charge in [-0.15, -0.1) is 0 Å². The van der Waals surface area contributed by atoms with Gasteiger partial charge in [-0.25, -0.2) is 4.79 Å². The summed E-state index contributed by atoms with van der Waals surface area (Å²) in [5, 5.41) is 6.98. The summed E-state index contributed by atoms with van der Waals surface area (Å²) >= 11 is 0. The number of anilines is 1. The third-order valence-corrected chi connectivity index (χ3v) is 2.49. The van der Waals surface area contributed by atoms with Crippen molar-refractivity contribution in [2.45, 2.75) is 0 Å². The molecule has 0 aliphatic carbocycles. The van der Waals surface area contributed by atoms with Gasteiger partial charge in [-0.05, 0) is 17.5 Å². The van der Waals surface area contributed by atoms with Crippen molar-refractivity contribution in [3.63, 3.8) is 0 Å². The van der Waals surface area contributed by atoms with Crippen molar-refractivity contribution < 1.29 is 4.79 Å². The summed E-state index contributed by atoms with van der Waals surface area (Å²) in [6.45, 7) is 0.876. The Balaban J connectivity index is 2.10. The van der Waals surface area contributed by atoms with E-state index in [4.69, 9.17) is 5.73 Å². The summed E-state index contributed by atoms with van der Waals surface area (Å²) in [5.41, 5.74) is 4.79. The maximum Gasteiger partial charge on any atom is 0.312 e. The fourth-order valence-electron chi connectivity index (χ4n) is 1.69. The van der Waals surface area contributed by atoms with Crippen molar-refractivity contribution in [3.8, 4) is 0 Å². The Kier molecular flexibility index (Phi) is 3.47. The molecule has 2 amide bonds. The largest absolute Gasteiger partial charge is 0.370 e. The zero-order chi connectivity index (χ0) is 13.0. The van der Waals surface area contributed by atoms with Gasteiger partial charge in [-0.1, -0.05) is 18.2 Å². The van der Waals surface area contributed by atoms with Gasteiger partial charge in [0, 0.05) is 18.5 Å². The first kappa shape index (κ1) is 12.0. The van der Waals surface area contributed by atoms with Crippen molar-refractivity contribution in [2.75, 3.05) is 18.4 Å². The Morgan fingerprint density at radius 2 is 2.06 bits per heavy atom. The fourth-order valence-corrected chi connectivity index (χ4v) is 1.69. The number of nitrogens with two attached hydrogens (primary N) is 1. The van der Waals surface area contributed by atoms with Gasteiger partial charge in [0.15, 0.2) is 0 Å². The molecule has 0 atom stereocenters. The van der Waals surface area contributed by atoms with E-state index in [1.54, 1.807) is 6.07 Å². The number of pyridine rings is 1. The summed E-state index contributed by atoms with van der Waals surface area (Å²) in [5.74, 6) is 0.616. The zero-order valence-corrected chi connectivity index (χ0v) is 9.69. The topological polar surface area (TPSA) is 100 Å². The molecule has 0 aliphatic heterocycles. The Morgan fingerprint density at radius 1 is 1.28 bits per heavy atom. The molecular weight excluding hydrogens is 232 g/mol. The van der Waals surface area contributed by atoms with E-state index in [0.29, 0.717) is 24.3 Å².